The quantitative estimate of drug-likeness (QED) is 0.341. The van der Waals surface area contributed by atoms with Crippen LogP contribution in [0.4, 0.5) is 0 Å². The molecule has 2 aromatic carbocycles. The van der Waals surface area contributed by atoms with Crippen LogP contribution in [0.3, 0.4) is 0 Å². The molecule has 146 valence electrons. The van der Waals surface area contributed by atoms with Crippen LogP contribution in [0.2, 0.25) is 0 Å². The fourth-order valence-corrected chi connectivity index (χ4v) is 4.59. The van der Waals surface area contributed by atoms with E-state index in [4.69, 9.17) is 9.97 Å². The minimum atomic E-state index is 1.00. The Hall–Kier alpha value is -2.30. The second-order valence-corrected chi connectivity index (χ2v) is 7.99. The van der Waals surface area contributed by atoms with Crippen molar-refractivity contribution in [3.8, 4) is 32.5 Å². The molecule has 0 bridgehead atoms. The first-order chi connectivity index (χ1) is 13.7. The molecule has 0 saturated heterocycles. The number of rotatable bonds is 3. The number of thiazole rings is 2. The Morgan fingerprint density at radius 2 is 0.857 bits per heavy atom. The maximum Gasteiger partial charge on any atom is 0.153 e. The molecule has 4 rings (SSSR count). The van der Waals surface area contributed by atoms with E-state index in [1.54, 1.807) is 22.7 Å². The first kappa shape index (κ1) is 22.0. The third-order valence-electron chi connectivity index (χ3n) is 3.87. The lowest BCUT2D eigenvalue weighted by atomic mass is 10.1. The number of hydrogen-bond donors (Lipinski definition) is 0. The summed E-state index contributed by atoms with van der Waals surface area (Å²) in [4.78, 5) is 12.2. The Labute approximate surface area is 177 Å². The van der Waals surface area contributed by atoms with Gasteiger partial charge in [0.15, 0.2) is 10.0 Å². The molecule has 2 aromatic heterocycles. The first-order valence-electron chi connectivity index (χ1n) is 9.78. The molecule has 28 heavy (non-hydrogen) atoms. The lowest BCUT2D eigenvalue weighted by Crippen LogP contribution is -1.82. The van der Waals surface area contributed by atoms with Gasteiger partial charge in [0.1, 0.15) is 0 Å². The van der Waals surface area contributed by atoms with Gasteiger partial charge in [0.2, 0.25) is 0 Å². The number of aromatic nitrogens is 2. The zero-order valence-electron chi connectivity index (χ0n) is 17.5. The summed E-state index contributed by atoms with van der Waals surface area (Å²) in [5.41, 5.74) is 4.44. The highest BCUT2D eigenvalue weighted by Crippen LogP contribution is 2.38. The van der Waals surface area contributed by atoms with Crippen LogP contribution in [0.1, 0.15) is 37.4 Å². The monoisotopic (exact) mass is 408 g/mol. The standard InChI is InChI=1S/C20H16N2S2.2C2H6/c1-13-17(15-9-5-3-6-10-15)21-19(23-13)20-22-18(14(2)24-20)16-11-7-4-8-12-16;2*1-2/h3-12H,1-2H3;2*1-2H3. The van der Waals surface area contributed by atoms with Crippen molar-refractivity contribution in [3.05, 3.63) is 70.4 Å². The van der Waals surface area contributed by atoms with E-state index in [-0.39, 0.29) is 0 Å². The number of aryl methyl sites for hydroxylation is 2. The molecule has 0 atom stereocenters. The van der Waals surface area contributed by atoms with E-state index in [0.29, 0.717) is 0 Å². The lowest BCUT2D eigenvalue weighted by Gasteiger charge is -1.96. The summed E-state index contributed by atoms with van der Waals surface area (Å²) in [6.45, 7) is 12.3. The predicted molar refractivity (Wildman–Crippen MR) is 126 cm³/mol. The lowest BCUT2D eigenvalue weighted by molar-refractivity contribution is 1.33. The minimum absolute atomic E-state index is 1.00. The van der Waals surface area contributed by atoms with Crippen LogP contribution in [0.25, 0.3) is 32.5 Å². The van der Waals surface area contributed by atoms with E-state index in [1.165, 1.54) is 9.75 Å². The molecule has 0 aliphatic carbocycles. The maximum atomic E-state index is 4.86. The highest BCUT2D eigenvalue weighted by molar-refractivity contribution is 7.21. The van der Waals surface area contributed by atoms with E-state index in [1.807, 2.05) is 39.8 Å². The molecule has 4 heteroatoms. The van der Waals surface area contributed by atoms with Gasteiger partial charge >= 0.3 is 0 Å². The molecular formula is C24H28N2S2. The van der Waals surface area contributed by atoms with Gasteiger partial charge in [-0.25, -0.2) is 9.97 Å². The van der Waals surface area contributed by atoms with E-state index in [9.17, 15) is 0 Å². The number of nitrogens with zero attached hydrogens (tertiary/aromatic N) is 2. The van der Waals surface area contributed by atoms with Gasteiger partial charge in [-0.2, -0.15) is 0 Å². The molecule has 0 fully saturated rings. The Morgan fingerprint density at radius 3 is 1.18 bits per heavy atom. The minimum Gasteiger partial charge on any atom is -0.233 e. The van der Waals surface area contributed by atoms with E-state index < -0.39 is 0 Å². The van der Waals surface area contributed by atoms with E-state index in [0.717, 1.165) is 32.5 Å². The van der Waals surface area contributed by atoms with Crippen molar-refractivity contribution >= 4 is 22.7 Å². The van der Waals surface area contributed by atoms with Crippen LogP contribution in [0, 0.1) is 13.8 Å². The molecule has 0 amide bonds. The summed E-state index contributed by atoms with van der Waals surface area (Å²) >= 11 is 3.43. The van der Waals surface area contributed by atoms with Gasteiger partial charge in [-0.05, 0) is 13.8 Å². The summed E-state index contributed by atoms with van der Waals surface area (Å²) < 4.78 is 0. The van der Waals surface area contributed by atoms with Gasteiger partial charge in [0.25, 0.3) is 0 Å². The van der Waals surface area contributed by atoms with Crippen molar-refractivity contribution in [2.45, 2.75) is 41.5 Å². The van der Waals surface area contributed by atoms with Crippen LogP contribution in [-0.4, -0.2) is 9.97 Å². The topological polar surface area (TPSA) is 25.8 Å². The zero-order chi connectivity index (χ0) is 20.5. The SMILES string of the molecule is CC.CC.Cc1sc(-c2nc(-c3ccccc3)c(C)s2)nc1-c1ccccc1. The molecule has 2 heterocycles. The maximum absolute atomic E-state index is 4.86. The van der Waals surface area contributed by atoms with E-state index in [2.05, 4.69) is 62.4 Å². The number of hydrogen-bond acceptors (Lipinski definition) is 4. The molecule has 0 radical (unpaired) electrons. The fourth-order valence-electron chi connectivity index (χ4n) is 2.70. The average molecular weight is 409 g/mol. The van der Waals surface area contributed by atoms with Crippen LogP contribution in [-0.2, 0) is 0 Å². The van der Waals surface area contributed by atoms with Crippen LogP contribution in [0.15, 0.2) is 60.7 Å². The zero-order valence-corrected chi connectivity index (χ0v) is 19.1. The molecule has 0 aliphatic rings. The molecule has 4 aromatic rings. The normalized spacial score (nSPS) is 9.79. The van der Waals surface area contributed by atoms with E-state index >= 15 is 0 Å². The van der Waals surface area contributed by atoms with Crippen molar-refractivity contribution in [1.82, 2.24) is 9.97 Å². The van der Waals surface area contributed by atoms with Crippen LogP contribution < -0.4 is 0 Å². The van der Waals surface area contributed by atoms with Gasteiger partial charge < -0.3 is 0 Å². The Kier molecular flexibility index (Phi) is 8.55. The molecule has 0 N–H and O–H groups in total. The first-order valence-corrected chi connectivity index (χ1v) is 11.4. The summed E-state index contributed by atoms with van der Waals surface area (Å²) in [5.74, 6) is 0. The smallest absolute Gasteiger partial charge is 0.153 e. The van der Waals surface area contributed by atoms with Gasteiger partial charge in [-0.3, -0.25) is 0 Å². The summed E-state index contributed by atoms with van der Waals surface area (Å²) in [6.07, 6.45) is 0. The van der Waals surface area contributed by atoms with Crippen molar-refractivity contribution in [1.29, 1.82) is 0 Å². The molecule has 0 unspecified atom stereocenters. The third-order valence-corrected chi connectivity index (χ3v) is 5.95. The van der Waals surface area contributed by atoms with Crippen molar-refractivity contribution < 1.29 is 0 Å². The molecular weight excluding hydrogens is 380 g/mol. The predicted octanol–water partition coefficient (Wildman–Crippen LogP) is 8.27. The summed E-state index contributed by atoms with van der Waals surface area (Å²) in [5, 5.41) is 2.00. The Balaban J connectivity index is 0.000000660. The molecule has 2 nitrogen and oxygen atoms in total. The second-order valence-electron chi connectivity index (χ2n) is 5.58. The largest absolute Gasteiger partial charge is 0.233 e. The Bertz CT molecular complexity index is 889. The number of benzene rings is 2. The van der Waals surface area contributed by atoms with Crippen molar-refractivity contribution in [2.75, 3.05) is 0 Å². The summed E-state index contributed by atoms with van der Waals surface area (Å²) in [6, 6.07) is 20.7. The van der Waals surface area contributed by atoms with Crippen LogP contribution in [0.5, 0.6) is 0 Å². The van der Waals surface area contributed by atoms with Crippen molar-refractivity contribution in [2.24, 2.45) is 0 Å². The third kappa shape index (κ3) is 4.94. The highest BCUT2D eigenvalue weighted by atomic mass is 32.1. The Morgan fingerprint density at radius 1 is 0.536 bits per heavy atom. The summed E-state index contributed by atoms with van der Waals surface area (Å²) in [7, 11) is 0. The fraction of sp³-hybridized carbons (Fsp3) is 0.250. The van der Waals surface area contributed by atoms with Gasteiger partial charge in [0.05, 0.1) is 11.4 Å². The molecule has 0 spiro atoms. The molecule has 0 saturated carbocycles. The second kappa shape index (κ2) is 10.9. The van der Waals surface area contributed by atoms with Gasteiger partial charge in [-0.1, -0.05) is 88.4 Å². The van der Waals surface area contributed by atoms with Gasteiger partial charge in [0, 0.05) is 20.9 Å². The highest BCUT2D eigenvalue weighted by Gasteiger charge is 2.16. The average Bonchev–Trinajstić information content (AvgIpc) is 3.35. The molecule has 0 aliphatic heterocycles. The van der Waals surface area contributed by atoms with Crippen LogP contribution >= 0.6 is 22.7 Å². The van der Waals surface area contributed by atoms with Gasteiger partial charge in [-0.15, -0.1) is 22.7 Å². The van der Waals surface area contributed by atoms with Crippen molar-refractivity contribution in [3.63, 3.8) is 0 Å².